The summed E-state index contributed by atoms with van der Waals surface area (Å²) in [6, 6.07) is 0. The van der Waals surface area contributed by atoms with Gasteiger partial charge in [-0.2, -0.15) is 0 Å². The molecule has 1 amide bonds. The smallest absolute Gasteiger partial charge is 0.223 e. The van der Waals surface area contributed by atoms with Crippen LogP contribution in [0, 0.1) is 11.8 Å². The molecule has 2 nitrogen and oxygen atoms in total. The number of hydrogen-bond donors (Lipinski definition) is 1. The van der Waals surface area contributed by atoms with Gasteiger partial charge in [0.1, 0.15) is 6.17 Å². The van der Waals surface area contributed by atoms with Crippen molar-refractivity contribution in [3.8, 4) is 0 Å². The molecule has 1 aliphatic carbocycles. The molecule has 0 aromatic rings. The second-order valence-electron chi connectivity index (χ2n) is 3.35. The van der Waals surface area contributed by atoms with Gasteiger partial charge in [0.2, 0.25) is 5.91 Å². The van der Waals surface area contributed by atoms with Crippen LogP contribution in [0.2, 0.25) is 0 Å². The van der Waals surface area contributed by atoms with Gasteiger partial charge in [0.25, 0.3) is 0 Å². The van der Waals surface area contributed by atoms with Gasteiger partial charge in [0.05, 0.1) is 5.92 Å². The lowest BCUT2D eigenvalue weighted by molar-refractivity contribution is -0.126. The molecule has 0 spiro atoms. The molecule has 1 aliphatic rings. The molecule has 1 saturated carbocycles. The van der Waals surface area contributed by atoms with E-state index in [4.69, 9.17) is 5.73 Å². The van der Waals surface area contributed by atoms with E-state index in [2.05, 4.69) is 0 Å². The molecular formula is C8H14FNO. The van der Waals surface area contributed by atoms with Crippen molar-refractivity contribution in [1.29, 1.82) is 0 Å². The molecule has 0 heterocycles. The highest BCUT2D eigenvalue weighted by atomic mass is 19.1. The minimum atomic E-state index is -1.00. The largest absolute Gasteiger partial charge is 0.369 e. The Labute approximate surface area is 66.0 Å². The zero-order chi connectivity index (χ0) is 8.43. The summed E-state index contributed by atoms with van der Waals surface area (Å²) in [5.41, 5.74) is 5.07. The second-order valence-corrected chi connectivity index (χ2v) is 3.35. The molecule has 0 aromatic heterocycles. The molecule has 64 valence electrons. The van der Waals surface area contributed by atoms with E-state index in [1.807, 2.05) is 6.92 Å². The summed E-state index contributed by atoms with van der Waals surface area (Å²) in [6.07, 6.45) is 1.30. The molecule has 0 radical (unpaired) electrons. The van der Waals surface area contributed by atoms with Crippen LogP contribution >= 0.6 is 0 Å². The van der Waals surface area contributed by atoms with E-state index in [0.29, 0.717) is 6.42 Å². The number of carbonyl (C=O) groups is 1. The monoisotopic (exact) mass is 159 g/mol. The van der Waals surface area contributed by atoms with Crippen LogP contribution in [-0.2, 0) is 4.79 Å². The quantitative estimate of drug-likeness (QED) is 0.614. The lowest BCUT2D eigenvalue weighted by atomic mass is 9.79. The number of rotatable bonds is 1. The van der Waals surface area contributed by atoms with Gasteiger partial charge in [0, 0.05) is 0 Å². The first kappa shape index (κ1) is 8.50. The van der Waals surface area contributed by atoms with Crippen molar-refractivity contribution in [2.75, 3.05) is 0 Å². The molecule has 3 unspecified atom stereocenters. The maximum atomic E-state index is 13.0. The van der Waals surface area contributed by atoms with Crippen LogP contribution in [0.15, 0.2) is 0 Å². The van der Waals surface area contributed by atoms with Crippen LogP contribution in [0.25, 0.3) is 0 Å². The molecule has 0 saturated heterocycles. The van der Waals surface area contributed by atoms with Crippen molar-refractivity contribution in [3.63, 3.8) is 0 Å². The Morgan fingerprint density at radius 1 is 1.55 bits per heavy atom. The predicted octanol–water partition coefficient (Wildman–Crippen LogP) is 1.25. The van der Waals surface area contributed by atoms with Crippen molar-refractivity contribution >= 4 is 5.91 Å². The number of amides is 1. The maximum absolute atomic E-state index is 13.0. The van der Waals surface area contributed by atoms with E-state index in [0.717, 1.165) is 12.8 Å². The van der Waals surface area contributed by atoms with Crippen molar-refractivity contribution in [2.45, 2.75) is 32.4 Å². The number of alkyl halides is 1. The topological polar surface area (TPSA) is 43.1 Å². The fourth-order valence-corrected chi connectivity index (χ4v) is 1.81. The van der Waals surface area contributed by atoms with Crippen LogP contribution in [0.3, 0.4) is 0 Å². The van der Waals surface area contributed by atoms with Crippen LogP contribution in [0.1, 0.15) is 26.2 Å². The van der Waals surface area contributed by atoms with Crippen molar-refractivity contribution in [3.05, 3.63) is 0 Å². The molecule has 3 atom stereocenters. The Bertz CT molecular complexity index is 150. The SMILES string of the molecule is CC1CCCC(F)C1C(N)=O. The lowest BCUT2D eigenvalue weighted by Gasteiger charge is -2.29. The lowest BCUT2D eigenvalue weighted by Crippen LogP contribution is -2.38. The first-order valence-corrected chi connectivity index (χ1v) is 4.06. The zero-order valence-electron chi connectivity index (χ0n) is 6.72. The summed E-state index contributed by atoms with van der Waals surface area (Å²) in [6.45, 7) is 1.89. The number of carbonyl (C=O) groups excluding carboxylic acids is 1. The Balaban J connectivity index is 2.62. The number of primary amides is 1. The number of hydrogen-bond acceptors (Lipinski definition) is 1. The highest BCUT2D eigenvalue weighted by molar-refractivity contribution is 5.77. The molecule has 0 aliphatic heterocycles. The van der Waals surface area contributed by atoms with Gasteiger partial charge in [-0.1, -0.05) is 13.3 Å². The average Bonchev–Trinajstić information content (AvgIpc) is 1.85. The van der Waals surface area contributed by atoms with Gasteiger partial charge in [-0.05, 0) is 18.8 Å². The molecule has 1 rings (SSSR count). The van der Waals surface area contributed by atoms with Crippen molar-refractivity contribution in [1.82, 2.24) is 0 Å². The average molecular weight is 159 g/mol. The Hall–Kier alpha value is -0.600. The van der Waals surface area contributed by atoms with Crippen LogP contribution in [0.5, 0.6) is 0 Å². The van der Waals surface area contributed by atoms with Crippen molar-refractivity contribution in [2.24, 2.45) is 17.6 Å². The molecule has 0 bridgehead atoms. The van der Waals surface area contributed by atoms with E-state index in [-0.39, 0.29) is 5.92 Å². The predicted molar refractivity (Wildman–Crippen MR) is 40.6 cm³/mol. The second kappa shape index (κ2) is 3.20. The van der Waals surface area contributed by atoms with Gasteiger partial charge in [0.15, 0.2) is 0 Å². The first-order valence-electron chi connectivity index (χ1n) is 4.06. The Morgan fingerprint density at radius 3 is 2.55 bits per heavy atom. The Morgan fingerprint density at radius 2 is 2.18 bits per heavy atom. The van der Waals surface area contributed by atoms with Crippen LogP contribution in [-0.4, -0.2) is 12.1 Å². The third-order valence-electron chi connectivity index (χ3n) is 2.47. The fourth-order valence-electron chi connectivity index (χ4n) is 1.81. The van der Waals surface area contributed by atoms with Gasteiger partial charge in [-0.3, -0.25) is 4.79 Å². The molecule has 1 fully saturated rings. The van der Waals surface area contributed by atoms with Gasteiger partial charge < -0.3 is 5.73 Å². The van der Waals surface area contributed by atoms with Gasteiger partial charge in [-0.25, -0.2) is 4.39 Å². The molecular weight excluding hydrogens is 145 g/mol. The molecule has 2 N–H and O–H groups in total. The van der Waals surface area contributed by atoms with E-state index >= 15 is 0 Å². The Kier molecular flexibility index (Phi) is 2.47. The van der Waals surface area contributed by atoms with E-state index in [1.165, 1.54) is 0 Å². The third-order valence-corrected chi connectivity index (χ3v) is 2.47. The summed E-state index contributed by atoms with van der Waals surface area (Å²) in [5, 5.41) is 0. The fraction of sp³-hybridized carbons (Fsp3) is 0.875. The zero-order valence-corrected chi connectivity index (χ0v) is 6.72. The summed E-state index contributed by atoms with van der Waals surface area (Å²) in [5.74, 6) is -0.898. The normalized spacial score (nSPS) is 38.5. The maximum Gasteiger partial charge on any atom is 0.223 e. The van der Waals surface area contributed by atoms with Gasteiger partial charge >= 0.3 is 0 Å². The molecule has 0 aromatic carbocycles. The highest BCUT2D eigenvalue weighted by Crippen LogP contribution is 2.31. The van der Waals surface area contributed by atoms with Gasteiger partial charge in [-0.15, -0.1) is 0 Å². The van der Waals surface area contributed by atoms with Crippen LogP contribution < -0.4 is 5.73 Å². The van der Waals surface area contributed by atoms with E-state index in [9.17, 15) is 9.18 Å². The molecule has 11 heavy (non-hydrogen) atoms. The summed E-state index contributed by atoms with van der Waals surface area (Å²) in [7, 11) is 0. The summed E-state index contributed by atoms with van der Waals surface area (Å²) >= 11 is 0. The highest BCUT2D eigenvalue weighted by Gasteiger charge is 2.34. The minimum absolute atomic E-state index is 0.122. The third kappa shape index (κ3) is 1.70. The standard InChI is InChI=1S/C8H14FNO/c1-5-3-2-4-6(9)7(5)8(10)11/h5-7H,2-4H2,1H3,(H2,10,11). The van der Waals surface area contributed by atoms with E-state index < -0.39 is 18.0 Å². The molecule has 3 heteroatoms. The van der Waals surface area contributed by atoms with Crippen molar-refractivity contribution < 1.29 is 9.18 Å². The van der Waals surface area contributed by atoms with E-state index in [1.54, 1.807) is 0 Å². The number of nitrogens with two attached hydrogens (primary N) is 1. The van der Waals surface area contributed by atoms with Crippen LogP contribution in [0.4, 0.5) is 4.39 Å². The minimum Gasteiger partial charge on any atom is -0.369 e. The first-order chi connectivity index (χ1) is 5.13. The number of halogens is 1. The summed E-state index contributed by atoms with van der Waals surface area (Å²) < 4.78 is 13.0. The summed E-state index contributed by atoms with van der Waals surface area (Å²) in [4.78, 5) is 10.8.